The highest BCUT2D eigenvalue weighted by molar-refractivity contribution is 6.05. The van der Waals surface area contributed by atoms with Crippen LogP contribution in [0.15, 0.2) is 42.5 Å². The van der Waals surface area contributed by atoms with E-state index < -0.39 is 24.0 Å². The molecular weight excluding hydrogens is 272 g/mol. The highest BCUT2D eigenvalue weighted by Gasteiger charge is 2.20. The summed E-state index contributed by atoms with van der Waals surface area (Å²) < 4.78 is 5.05. The van der Waals surface area contributed by atoms with Crippen LogP contribution in [-0.2, 0) is 9.53 Å². The van der Waals surface area contributed by atoms with Crippen molar-refractivity contribution in [1.29, 1.82) is 0 Å². The number of nitrogens with two attached hydrogens (primary N) is 1. The van der Waals surface area contributed by atoms with Crippen LogP contribution in [0.1, 0.15) is 17.3 Å². The molecule has 6 nitrogen and oxygen atoms in total. The van der Waals surface area contributed by atoms with Crippen molar-refractivity contribution in [2.45, 2.75) is 13.0 Å². The minimum Gasteiger partial charge on any atom is -0.449 e. The van der Waals surface area contributed by atoms with Crippen molar-refractivity contribution in [3.63, 3.8) is 0 Å². The Kier molecular flexibility index (Phi) is 4.18. The molecule has 21 heavy (non-hydrogen) atoms. The molecule has 0 spiro atoms. The second kappa shape index (κ2) is 6.04. The Morgan fingerprint density at radius 1 is 1.10 bits per heavy atom. The van der Waals surface area contributed by atoms with Crippen LogP contribution in [0.25, 0.3) is 10.8 Å². The Morgan fingerprint density at radius 3 is 2.48 bits per heavy atom. The van der Waals surface area contributed by atoms with Gasteiger partial charge in [0.15, 0.2) is 6.10 Å². The van der Waals surface area contributed by atoms with E-state index in [1.54, 1.807) is 18.2 Å². The molecule has 0 aliphatic carbocycles. The van der Waals surface area contributed by atoms with E-state index in [4.69, 9.17) is 10.5 Å². The first-order valence-corrected chi connectivity index (χ1v) is 6.28. The second-order valence-electron chi connectivity index (χ2n) is 4.43. The van der Waals surface area contributed by atoms with Crippen LogP contribution >= 0.6 is 0 Å². The number of carbonyl (C=O) groups excluding carboxylic acids is 3. The average molecular weight is 286 g/mol. The zero-order valence-corrected chi connectivity index (χ0v) is 11.3. The maximum atomic E-state index is 12.1. The van der Waals surface area contributed by atoms with Gasteiger partial charge in [0.1, 0.15) is 0 Å². The summed E-state index contributed by atoms with van der Waals surface area (Å²) in [5.74, 6) is -1.41. The molecule has 0 fully saturated rings. The quantitative estimate of drug-likeness (QED) is 0.837. The number of hydrogen-bond donors (Lipinski definition) is 2. The molecule has 0 saturated heterocycles. The number of primary amides is 1. The van der Waals surface area contributed by atoms with Gasteiger partial charge in [0.25, 0.3) is 5.91 Å². The van der Waals surface area contributed by atoms with Crippen LogP contribution in [0, 0.1) is 0 Å². The molecule has 2 aromatic rings. The monoisotopic (exact) mass is 286 g/mol. The topological polar surface area (TPSA) is 98.5 Å². The molecule has 108 valence electrons. The third-order valence-electron chi connectivity index (χ3n) is 2.91. The van der Waals surface area contributed by atoms with Crippen molar-refractivity contribution in [3.05, 3.63) is 48.0 Å². The number of benzene rings is 2. The van der Waals surface area contributed by atoms with Crippen molar-refractivity contribution in [2.24, 2.45) is 5.73 Å². The van der Waals surface area contributed by atoms with Crippen LogP contribution in [0.2, 0.25) is 0 Å². The third kappa shape index (κ3) is 3.36. The van der Waals surface area contributed by atoms with Crippen LogP contribution < -0.4 is 11.1 Å². The van der Waals surface area contributed by atoms with Crippen molar-refractivity contribution in [2.75, 3.05) is 0 Å². The number of nitrogens with one attached hydrogen (secondary N) is 1. The molecule has 0 aliphatic rings. The number of amides is 3. The standard InChI is InChI=1S/C15H14N2O4/c1-9(13(18)17-15(16)20)21-14(19)12-8-4-6-10-5-2-3-7-11(10)12/h2-9H,1H3,(H3,16,17,18,20)/t9-/m1/s1. The number of ether oxygens (including phenoxy) is 1. The smallest absolute Gasteiger partial charge is 0.339 e. The van der Waals surface area contributed by atoms with Gasteiger partial charge < -0.3 is 10.5 Å². The summed E-state index contributed by atoms with van der Waals surface area (Å²) >= 11 is 0. The number of esters is 1. The van der Waals surface area contributed by atoms with Gasteiger partial charge in [-0.05, 0) is 23.8 Å². The van der Waals surface area contributed by atoms with E-state index in [2.05, 4.69) is 0 Å². The summed E-state index contributed by atoms with van der Waals surface area (Å²) in [6, 6.07) is 11.6. The predicted molar refractivity (Wildman–Crippen MR) is 76.6 cm³/mol. The number of fused-ring (bicyclic) bond motifs is 1. The Hall–Kier alpha value is -2.89. The van der Waals surface area contributed by atoms with E-state index in [-0.39, 0.29) is 0 Å². The van der Waals surface area contributed by atoms with Gasteiger partial charge in [-0.3, -0.25) is 10.1 Å². The molecule has 0 saturated carbocycles. The van der Waals surface area contributed by atoms with Gasteiger partial charge in [0.05, 0.1) is 5.56 Å². The minimum atomic E-state index is -1.12. The molecule has 0 aliphatic heterocycles. The number of rotatable bonds is 3. The summed E-state index contributed by atoms with van der Waals surface area (Å²) in [5.41, 5.74) is 5.19. The lowest BCUT2D eigenvalue weighted by Crippen LogP contribution is -2.42. The van der Waals surface area contributed by atoms with Gasteiger partial charge in [-0.1, -0.05) is 36.4 Å². The molecule has 3 amide bonds. The van der Waals surface area contributed by atoms with E-state index in [1.165, 1.54) is 6.92 Å². The number of carbonyl (C=O) groups is 3. The highest BCUT2D eigenvalue weighted by atomic mass is 16.5. The van der Waals surface area contributed by atoms with Gasteiger partial charge in [-0.2, -0.15) is 0 Å². The van der Waals surface area contributed by atoms with Crippen LogP contribution in [-0.4, -0.2) is 24.0 Å². The molecule has 0 unspecified atom stereocenters. The van der Waals surface area contributed by atoms with E-state index in [1.807, 2.05) is 29.6 Å². The molecule has 1 atom stereocenters. The van der Waals surface area contributed by atoms with Crippen molar-refractivity contribution in [1.82, 2.24) is 5.32 Å². The number of urea groups is 1. The lowest BCUT2D eigenvalue weighted by Gasteiger charge is -2.13. The summed E-state index contributed by atoms with van der Waals surface area (Å²) in [7, 11) is 0. The molecule has 3 N–H and O–H groups in total. The molecule has 0 aromatic heterocycles. The van der Waals surface area contributed by atoms with Crippen molar-refractivity contribution >= 4 is 28.7 Å². The summed E-state index contributed by atoms with van der Waals surface area (Å²) in [4.78, 5) is 34.2. The lowest BCUT2D eigenvalue weighted by molar-refractivity contribution is -0.127. The first-order chi connectivity index (χ1) is 9.99. The third-order valence-corrected chi connectivity index (χ3v) is 2.91. The van der Waals surface area contributed by atoms with Crippen LogP contribution in [0.4, 0.5) is 4.79 Å². The maximum Gasteiger partial charge on any atom is 0.339 e. The summed E-state index contributed by atoms with van der Waals surface area (Å²) in [6.07, 6.45) is -1.12. The Labute approximate surface area is 120 Å². The maximum absolute atomic E-state index is 12.1. The van der Waals surface area contributed by atoms with Crippen molar-refractivity contribution in [3.8, 4) is 0 Å². The van der Waals surface area contributed by atoms with Crippen molar-refractivity contribution < 1.29 is 19.1 Å². The molecule has 2 aromatic carbocycles. The van der Waals surface area contributed by atoms with Crippen LogP contribution in [0.3, 0.4) is 0 Å². The second-order valence-corrected chi connectivity index (χ2v) is 4.43. The summed E-state index contributed by atoms with van der Waals surface area (Å²) in [6.45, 7) is 1.36. The molecule has 0 radical (unpaired) electrons. The predicted octanol–water partition coefficient (Wildman–Crippen LogP) is 1.58. The van der Waals surface area contributed by atoms with Gasteiger partial charge >= 0.3 is 12.0 Å². The molecule has 2 rings (SSSR count). The Morgan fingerprint density at radius 2 is 1.76 bits per heavy atom. The highest BCUT2D eigenvalue weighted by Crippen LogP contribution is 2.19. The van der Waals surface area contributed by atoms with Gasteiger partial charge in [0.2, 0.25) is 0 Å². The minimum absolute atomic E-state index is 0.354. The molecule has 0 heterocycles. The number of imide groups is 1. The zero-order chi connectivity index (χ0) is 15.4. The molecule has 0 bridgehead atoms. The van der Waals surface area contributed by atoms with E-state index in [0.717, 1.165) is 10.8 Å². The van der Waals surface area contributed by atoms with E-state index >= 15 is 0 Å². The average Bonchev–Trinajstić information content (AvgIpc) is 2.45. The van der Waals surface area contributed by atoms with E-state index in [9.17, 15) is 14.4 Å². The normalized spacial score (nSPS) is 11.7. The van der Waals surface area contributed by atoms with Gasteiger partial charge in [-0.25, -0.2) is 9.59 Å². The zero-order valence-electron chi connectivity index (χ0n) is 11.3. The van der Waals surface area contributed by atoms with Gasteiger partial charge in [-0.15, -0.1) is 0 Å². The first kappa shape index (κ1) is 14.5. The van der Waals surface area contributed by atoms with E-state index in [0.29, 0.717) is 5.56 Å². The largest absolute Gasteiger partial charge is 0.449 e. The fraction of sp³-hybridized carbons (Fsp3) is 0.133. The Bertz CT molecular complexity index is 706. The van der Waals surface area contributed by atoms with Crippen LogP contribution in [0.5, 0.6) is 0 Å². The number of hydrogen-bond acceptors (Lipinski definition) is 4. The van der Waals surface area contributed by atoms with Gasteiger partial charge in [0, 0.05) is 0 Å². The first-order valence-electron chi connectivity index (χ1n) is 6.28. The summed E-state index contributed by atoms with van der Waals surface area (Å²) in [5, 5.41) is 3.48. The lowest BCUT2D eigenvalue weighted by atomic mass is 10.0. The Balaban J connectivity index is 2.19. The molecule has 6 heteroatoms. The fourth-order valence-corrected chi connectivity index (χ4v) is 1.90. The fourth-order valence-electron chi connectivity index (χ4n) is 1.90. The SMILES string of the molecule is C[C@@H](OC(=O)c1cccc2ccccc12)C(=O)NC(N)=O. The molecular formula is C15H14N2O4.